The third-order valence-electron chi connectivity index (χ3n) is 2.82. The van der Waals surface area contributed by atoms with Crippen LogP contribution in [0.1, 0.15) is 17.5 Å². The van der Waals surface area contributed by atoms with Gasteiger partial charge in [0.05, 0.1) is 13.2 Å². The van der Waals surface area contributed by atoms with Crippen LogP contribution in [0.3, 0.4) is 0 Å². The molecule has 1 rings (SSSR count). The van der Waals surface area contributed by atoms with E-state index < -0.39 is 0 Å². The second-order valence-electron chi connectivity index (χ2n) is 4.66. The zero-order valence-electron chi connectivity index (χ0n) is 12.5. The fraction of sp³-hybridized carbons (Fsp3) is 0.533. The summed E-state index contributed by atoms with van der Waals surface area (Å²) < 4.78 is 10.3. The van der Waals surface area contributed by atoms with Crippen molar-refractivity contribution in [1.29, 1.82) is 0 Å². The normalized spacial score (nSPS) is 10.3. The number of ether oxygens (including phenoxy) is 2. The highest BCUT2D eigenvalue weighted by atomic mass is 32.1. The van der Waals surface area contributed by atoms with Gasteiger partial charge in [-0.25, -0.2) is 0 Å². The first-order chi connectivity index (χ1) is 9.63. The van der Waals surface area contributed by atoms with Gasteiger partial charge < -0.3 is 20.1 Å². The van der Waals surface area contributed by atoms with Crippen molar-refractivity contribution in [1.82, 2.24) is 5.32 Å². The van der Waals surface area contributed by atoms with E-state index in [0.29, 0.717) is 24.9 Å². The van der Waals surface area contributed by atoms with E-state index in [2.05, 4.69) is 42.7 Å². The molecular formula is C15H24N2O2S. The molecule has 20 heavy (non-hydrogen) atoms. The van der Waals surface area contributed by atoms with E-state index >= 15 is 0 Å². The van der Waals surface area contributed by atoms with Gasteiger partial charge >= 0.3 is 0 Å². The Morgan fingerprint density at radius 2 is 2.00 bits per heavy atom. The van der Waals surface area contributed by atoms with Gasteiger partial charge in [0.15, 0.2) is 5.11 Å². The van der Waals surface area contributed by atoms with Gasteiger partial charge in [-0.15, -0.1) is 0 Å². The van der Waals surface area contributed by atoms with E-state index in [1.165, 1.54) is 11.1 Å². The Labute approximate surface area is 126 Å². The lowest BCUT2D eigenvalue weighted by Gasteiger charge is -2.13. The molecular weight excluding hydrogens is 272 g/mol. The summed E-state index contributed by atoms with van der Waals surface area (Å²) in [5.74, 6) is 0. The lowest BCUT2D eigenvalue weighted by Crippen LogP contribution is -2.30. The highest BCUT2D eigenvalue weighted by Crippen LogP contribution is 2.15. The molecule has 0 spiro atoms. The minimum Gasteiger partial charge on any atom is -0.382 e. The highest BCUT2D eigenvalue weighted by molar-refractivity contribution is 7.80. The third-order valence-corrected chi connectivity index (χ3v) is 3.07. The summed E-state index contributed by atoms with van der Waals surface area (Å²) in [7, 11) is 1.67. The number of benzene rings is 1. The van der Waals surface area contributed by atoms with Crippen LogP contribution in [0.25, 0.3) is 0 Å². The topological polar surface area (TPSA) is 42.5 Å². The smallest absolute Gasteiger partial charge is 0.170 e. The van der Waals surface area contributed by atoms with Crippen LogP contribution in [0.5, 0.6) is 0 Å². The Bertz CT molecular complexity index is 424. The molecule has 0 unspecified atom stereocenters. The number of thiocarbonyl (C=S) groups is 1. The summed E-state index contributed by atoms with van der Waals surface area (Å²) in [6.45, 7) is 6.92. The lowest BCUT2D eigenvalue weighted by atomic mass is 10.1. The number of anilines is 1. The fourth-order valence-corrected chi connectivity index (χ4v) is 1.87. The van der Waals surface area contributed by atoms with Gasteiger partial charge in [0.1, 0.15) is 0 Å². The van der Waals surface area contributed by atoms with Gasteiger partial charge in [0.2, 0.25) is 0 Å². The quantitative estimate of drug-likeness (QED) is 0.570. The van der Waals surface area contributed by atoms with E-state index in [-0.39, 0.29) is 0 Å². The predicted molar refractivity (Wildman–Crippen MR) is 87.5 cm³/mol. The standard InChI is InChI=1S/C15H24N2O2S/c1-12-5-6-13(2)14(11-12)17-15(20)16-7-4-8-19-10-9-18-3/h5-6,11H,4,7-10H2,1-3H3,(H2,16,17,20). The van der Waals surface area contributed by atoms with E-state index in [4.69, 9.17) is 21.7 Å². The molecule has 5 heteroatoms. The van der Waals surface area contributed by atoms with Gasteiger partial charge in [-0.05, 0) is 49.7 Å². The number of methoxy groups -OCH3 is 1. The molecule has 0 aliphatic rings. The van der Waals surface area contributed by atoms with Gasteiger partial charge in [-0.3, -0.25) is 0 Å². The first-order valence-electron chi connectivity index (χ1n) is 6.82. The summed E-state index contributed by atoms with van der Waals surface area (Å²) >= 11 is 5.28. The Morgan fingerprint density at radius 1 is 1.20 bits per heavy atom. The van der Waals surface area contributed by atoms with Crippen molar-refractivity contribution in [3.05, 3.63) is 29.3 Å². The van der Waals surface area contributed by atoms with Crippen LogP contribution in [-0.2, 0) is 9.47 Å². The predicted octanol–water partition coefficient (Wildman–Crippen LogP) is 2.64. The molecule has 1 aromatic carbocycles. The van der Waals surface area contributed by atoms with Gasteiger partial charge in [-0.2, -0.15) is 0 Å². The molecule has 0 fully saturated rings. The largest absolute Gasteiger partial charge is 0.382 e. The van der Waals surface area contributed by atoms with Crippen LogP contribution in [0.2, 0.25) is 0 Å². The van der Waals surface area contributed by atoms with Crippen LogP contribution >= 0.6 is 12.2 Å². The molecule has 4 nitrogen and oxygen atoms in total. The van der Waals surface area contributed by atoms with Crippen LogP contribution in [0, 0.1) is 13.8 Å². The van der Waals surface area contributed by atoms with Crippen molar-refractivity contribution >= 4 is 23.0 Å². The summed E-state index contributed by atoms with van der Waals surface area (Å²) in [6, 6.07) is 6.27. The Morgan fingerprint density at radius 3 is 2.75 bits per heavy atom. The highest BCUT2D eigenvalue weighted by Gasteiger charge is 2.01. The summed E-state index contributed by atoms with van der Waals surface area (Å²) in [5, 5.41) is 7.05. The van der Waals surface area contributed by atoms with Gasteiger partial charge in [0.25, 0.3) is 0 Å². The lowest BCUT2D eigenvalue weighted by molar-refractivity contribution is 0.0699. The third kappa shape index (κ3) is 6.84. The number of rotatable bonds is 8. The summed E-state index contributed by atoms with van der Waals surface area (Å²) in [4.78, 5) is 0. The van der Waals surface area contributed by atoms with E-state index in [1.807, 2.05) is 0 Å². The van der Waals surface area contributed by atoms with Crippen LogP contribution in [-0.4, -0.2) is 38.6 Å². The average Bonchev–Trinajstić information content (AvgIpc) is 2.42. The molecule has 0 atom stereocenters. The maximum absolute atomic E-state index is 5.38. The SMILES string of the molecule is COCCOCCCNC(=S)Nc1cc(C)ccc1C. The molecule has 0 amide bonds. The maximum atomic E-state index is 5.38. The van der Waals surface area contributed by atoms with E-state index in [9.17, 15) is 0 Å². The maximum Gasteiger partial charge on any atom is 0.170 e. The molecule has 0 aliphatic heterocycles. The molecule has 1 aromatic rings. The van der Waals surface area contributed by atoms with Crippen LogP contribution in [0.4, 0.5) is 5.69 Å². The van der Waals surface area contributed by atoms with Gasteiger partial charge in [0, 0.05) is 25.9 Å². The molecule has 0 radical (unpaired) electrons. The van der Waals surface area contributed by atoms with Crippen molar-refractivity contribution in [3.63, 3.8) is 0 Å². The Balaban J connectivity index is 2.19. The molecule has 0 bridgehead atoms. The van der Waals surface area contributed by atoms with Crippen LogP contribution < -0.4 is 10.6 Å². The second kappa shape index (κ2) is 9.69. The number of hydrogen-bond donors (Lipinski definition) is 2. The zero-order valence-corrected chi connectivity index (χ0v) is 13.3. The molecule has 112 valence electrons. The first kappa shape index (κ1) is 16.9. The Kier molecular flexibility index (Phi) is 8.18. The summed E-state index contributed by atoms with van der Waals surface area (Å²) in [6.07, 6.45) is 0.915. The van der Waals surface area contributed by atoms with Crippen molar-refractivity contribution in [2.24, 2.45) is 0 Å². The van der Waals surface area contributed by atoms with Crippen LogP contribution in [0.15, 0.2) is 18.2 Å². The average molecular weight is 296 g/mol. The van der Waals surface area contributed by atoms with E-state index in [1.54, 1.807) is 7.11 Å². The zero-order chi connectivity index (χ0) is 14.8. The molecule has 0 aliphatic carbocycles. The molecule has 0 saturated heterocycles. The minimum atomic E-state index is 0.639. The van der Waals surface area contributed by atoms with Gasteiger partial charge in [-0.1, -0.05) is 12.1 Å². The molecule has 0 saturated carbocycles. The monoisotopic (exact) mass is 296 g/mol. The number of hydrogen-bond acceptors (Lipinski definition) is 3. The van der Waals surface area contributed by atoms with E-state index in [0.717, 1.165) is 18.7 Å². The Hall–Kier alpha value is -1.17. The van der Waals surface area contributed by atoms with Crippen molar-refractivity contribution in [2.75, 3.05) is 38.8 Å². The molecule has 0 heterocycles. The number of nitrogens with one attached hydrogen (secondary N) is 2. The van der Waals surface area contributed by atoms with Crippen molar-refractivity contribution in [3.8, 4) is 0 Å². The molecule has 2 N–H and O–H groups in total. The summed E-state index contributed by atoms with van der Waals surface area (Å²) in [5.41, 5.74) is 3.45. The fourth-order valence-electron chi connectivity index (χ4n) is 1.66. The molecule has 0 aromatic heterocycles. The second-order valence-corrected chi connectivity index (χ2v) is 5.07. The van der Waals surface area contributed by atoms with Crippen molar-refractivity contribution in [2.45, 2.75) is 20.3 Å². The first-order valence-corrected chi connectivity index (χ1v) is 7.23. The minimum absolute atomic E-state index is 0.639. The number of aryl methyl sites for hydroxylation is 2. The van der Waals surface area contributed by atoms with Crippen molar-refractivity contribution < 1.29 is 9.47 Å².